The van der Waals surface area contributed by atoms with Gasteiger partial charge in [0.2, 0.25) is 0 Å². The summed E-state index contributed by atoms with van der Waals surface area (Å²) in [7, 11) is -0.969. The maximum absolute atomic E-state index is 11.4. The second kappa shape index (κ2) is 4.49. The Balaban J connectivity index is 2.14. The van der Waals surface area contributed by atoms with Crippen molar-refractivity contribution in [2.75, 3.05) is 23.5 Å². The molecule has 0 saturated carbocycles. The van der Waals surface area contributed by atoms with E-state index >= 15 is 0 Å². The monoisotopic (exact) mass is 253 g/mol. The molecule has 5 heteroatoms. The van der Waals surface area contributed by atoms with Crippen LogP contribution in [0.5, 0.6) is 0 Å². The molecular weight excluding hydrogens is 238 g/mol. The number of aldehydes is 1. The number of anilines is 1. The van der Waals surface area contributed by atoms with Crippen LogP contribution in [0.2, 0.25) is 0 Å². The van der Waals surface area contributed by atoms with Gasteiger partial charge in [0.25, 0.3) is 0 Å². The molecule has 0 radical (unpaired) electrons. The Kier molecular flexibility index (Phi) is 3.19. The van der Waals surface area contributed by atoms with E-state index in [9.17, 15) is 13.2 Å². The lowest BCUT2D eigenvalue weighted by Crippen LogP contribution is -2.32. The number of carbonyl (C=O) groups is 1. The normalized spacial score (nSPS) is 22.3. The highest BCUT2D eigenvalue weighted by atomic mass is 32.2. The van der Waals surface area contributed by atoms with E-state index in [1.165, 1.54) is 0 Å². The average molecular weight is 253 g/mol. The summed E-state index contributed by atoms with van der Waals surface area (Å²) in [4.78, 5) is 12.5. The van der Waals surface area contributed by atoms with Crippen molar-refractivity contribution >= 4 is 21.8 Å². The van der Waals surface area contributed by atoms with Crippen LogP contribution in [-0.4, -0.2) is 39.3 Å². The molecule has 1 aliphatic rings. The molecule has 0 N–H and O–H groups in total. The van der Waals surface area contributed by atoms with Crippen LogP contribution >= 0.6 is 0 Å². The number of rotatable bonds is 3. The highest BCUT2D eigenvalue weighted by Crippen LogP contribution is 2.22. The molecule has 1 fully saturated rings. The van der Waals surface area contributed by atoms with Gasteiger partial charge in [0.05, 0.1) is 11.5 Å². The maximum atomic E-state index is 11.4. The van der Waals surface area contributed by atoms with Crippen LogP contribution in [0.25, 0.3) is 0 Å². The quantitative estimate of drug-likeness (QED) is 0.758. The lowest BCUT2D eigenvalue weighted by Gasteiger charge is -2.25. The van der Waals surface area contributed by atoms with Gasteiger partial charge in [-0.05, 0) is 30.7 Å². The molecule has 0 spiro atoms. The summed E-state index contributed by atoms with van der Waals surface area (Å²) in [5.74, 6) is 0.493. The molecule has 1 unspecified atom stereocenters. The van der Waals surface area contributed by atoms with Gasteiger partial charge < -0.3 is 4.90 Å². The van der Waals surface area contributed by atoms with Gasteiger partial charge in [-0.3, -0.25) is 4.79 Å². The highest BCUT2D eigenvalue weighted by molar-refractivity contribution is 7.91. The predicted molar refractivity (Wildman–Crippen MR) is 67.3 cm³/mol. The first-order valence-electron chi connectivity index (χ1n) is 5.50. The minimum atomic E-state index is -2.86. The molecule has 1 saturated heterocycles. The molecule has 1 aromatic carbocycles. The first-order valence-corrected chi connectivity index (χ1v) is 7.32. The highest BCUT2D eigenvalue weighted by Gasteiger charge is 2.30. The SMILES string of the molecule is CN(c1ccc(C=O)cc1)C1CCS(=O)(=O)C1. The van der Waals surface area contributed by atoms with Crippen molar-refractivity contribution in [2.24, 2.45) is 0 Å². The number of nitrogens with zero attached hydrogens (tertiary/aromatic N) is 1. The third-order valence-electron chi connectivity index (χ3n) is 3.19. The van der Waals surface area contributed by atoms with Crippen LogP contribution in [-0.2, 0) is 9.84 Å². The van der Waals surface area contributed by atoms with Crippen LogP contribution in [0.4, 0.5) is 5.69 Å². The number of hydrogen-bond acceptors (Lipinski definition) is 4. The summed E-state index contributed by atoms with van der Waals surface area (Å²) in [5.41, 5.74) is 1.57. The second-order valence-corrected chi connectivity index (χ2v) is 6.61. The smallest absolute Gasteiger partial charge is 0.152 e. The summed E-state index contributed by atoms with van der Waals surface area (Å²) in [6, 6.07) is 7.20. The van der Waals surface area contributed by atoms with Crippen LogP contribution in [0.1, 0.15) is 16.8 Å². The molecule has 0 aliphatic carbocycles. The largest absolute Gasteiger partial charge is 0.371 e. The topological polar surface area (TPSA) is 54.5 Å². The molecule has 4 nitrogen and oxygen atoms in total. The Morgan fingerprint density at radius 2 is 1.94 bits per heavy atom. The van der Waals surface area contributed by atoms with Gasteiger partial charge in [0.15, 0.2) is 9.84 Å². The van der Waals surface area contributed by atoms with E-state index in [0.29, 0.717) is 12.0 Å². The van der Waals surface area contributed by atoms with Gasteiger partial charge in [-0.2, -0.15) is 0 Å². The van der Waals surface area contributed by atoms with Crippen LogP contribution in [0.15, 0.2) is 24.3 Å². The van der Waals surface area contributed by atoms with Crippen molar-refractivity contribution in [2.45, 2.75) is 12.5 Å². The second-order valence-electron chi connectivity index (χ2n) is 4.38. The summed E-state index contributed by atoms with van der Waals surface area (Å²) in [6.07, 6.45) is 1.47. The van der Waals surface area contributed by atoms with Crippen molar-refractivity contribution in [1.29, 1.82) is 0 Å². The fourth-order valence-corrected chi connectivity index (χ4v) is 3.85. The van der Waals surface area contributed by atoms with Gasteiger partial charge in [0, 0.05) is 24.3 Å². The predicted octanol–water partition coefficient (Wildman–Crippen LogP) is 1.12. The fraction of sp³-hybridized carbons (Fsp3) is 0.417. The van der Waals surface area contributed by atoms with Crippen LogP contribution < -0.4 is 4.90 Å². The van der Waals surface area contributed by atoms with Gasteiger partial charge in [-0.1, -0.05) is 0 Å². The molecule has 0 aromatic heterocycles. The van der Waals surface area contributed by atoms with Crippen molar-refractivity contribution in [1.82, 2.24) is 0 Å². The fourth-order valence-electron chi connectivity index (χ4n) is 2.08. The van der Waals surface area contributed by atoms with E-state index in [4.69, 9.17) is 0 Å². The standard InChI is InChI=1S/C12H15NO3S/c1-13(12-6-7-17(15,16)9-12)11-4-2-10(8-14)3-5-11/h2-5,8,12H,6-7,9H2,1H3. The molecule has 1 aromatic rings. The van der Waals surface area contributed by atoms with E-state index in [1.807, 2.05) is 24.1 Å². The van der Waals surface area contributed by atoms with Crippen molar-refractivity contribution < 1.29 is 13.2 Å². The summed E-state index contributed by atoms with van der Waals surface area (Å²) in [5, 5.41) is 0. The Bertz CT molecular complexity index is 507. The molecule has 1 heterocycles. The van der Waals surface area contributed by atoms with Gasteiger partial charge in [-0.25, -0.2) is 8.42 Å². The summed E-state index contributed by atoms with van der Waals surface area (Å²) < 4.78 is 22.8. The number of benzene rings is 1. The van der Waals surface area contributed by atoms with Gasteiger partial charge in [-0.15, -0.1) is 0 Å². The number of carbonyl (C=O) groups excluding carboxylic acids is 1. The zero-order chi connectivity index (χ0) is 12.5. The van der Waals surface area contributed by atoms with Gasteiger partial charge in [0.1, 0.15) is 6.29 Å². The Morgan fingerprint density at radius 3 is 2.41 bits per heavy atom. The molecule has 0 bridgehead atoms. The molecule has 0 amide bonds. The number of hydrogen-bond donors (Lipinski definition) is 0. The third kappa shape index (κ3) is 2.66. The van der Waals surface area contributed by atoms with E-state index < -0.39 is 9.84 Å². The Labute approximate surface area is 101 Å². The third-order valence-corrected chi connectivity index (χ3v) is 4.94. The van der Waals surface area contributed by atoms with Crippen LogP contribution in [0.3, 0.4) is 0 Å². The van der Waals surface area contributed by atoms with E-state index in [1.54, 1.807) is 12.1 Å². The zero-order valence-corrected chi connectivity index (χ0v) is 10.5. The van der Waals surface area contributed by atoms with E-state index in [2.05, 4.69) is 0 Å². The van der Waals surface area contributed by atoms with Gasteiger partial charge >= 0.3 is 0 Å². The maximum Gasteiger partial charge on any atom is 0.152 e. The molecular formula is C12H15NO3S. The molecule has 92 valence electrons. The van der Waals surface area contributed by atoms with E-state index in [-0.39, 0.29) is 17.5 Å². The molecule has 2 rings (SSSR count). The Morgan fingerprint density at radius 1 is 1.29 bits per heavy atom. The molecule has 1 aliphatic heterocycles. The van der Waals surface area contributed by atoms with Crippen LogP contribution in [0, 0.1) is 0 Å². The lowest BCUT2D eigenvalue weighted by atomic mass is 10.1. The minimum Gasteiger partial charge on any atom is -0.371 e. The molecule has 1 atom stereocenters. The first kappa shape index (κ1) is 12.1. The lowest BCUT2D eigenvalue weighted by molar-refractivity contribution is 0.112. The first-order chi connectivity index (χ1) is 8.02. The van der Waals surface area contributed by atoms with E-state index in [0.717, 1.165) is 12.0 Å². The van der Waals surface area contributed by atoms with Crippen molar-refractivity contribution in [3.63, 3.8) is 0 Å². The summed E-state index contributed by atoms with van der Waals surface area (Å²) >= 11 is 0. The van der Waals surface area contributed by atoms with Crippen molar-refractivity contribution in [3.8, 4) is 0 Å². The average Bonchev–Trinajstić information content (AvgIpc) is 2.69. The zero-order valence-electron chi connectivity index (χ0n) is 9.67. The Hall–Kier alpha value is -1.36. The molecule has 17 heavy (non-hydrogen) atoms. The minimum absolute atomic E-state index is 0.0436. The number of sulfone groups is 1. The van der Waals surface area contributed by atoms with Crippen molar-refractivity contribution in [3.05, 3.63) is 29.8 Å². The summed E-state index contributed by atoms with van der Waals surface area (Å²) in [6.45, 7) is 0.